The van der Waals surface area contributed by atoms with Crippen molar-refractivity contribution >= 4 is 11.6 Å². The van der Waals surface area contributed by atoms with Crippen LogP contribution in [0.4, 0.5) is 0 Å². The fraction of sp³-hybridized carbons (Fsp3) is 0.400. The van der Waals surface area contributed by atoms with Crippen molar-refractivity contribution in [3.63, 3.8) is 0 Å². The highest BCUT2D eigenvalue weighted by Crippen LogP contribution is 2.14. The molecule has 0 aliphatic rings. The van der Waals surface area contributed by atoms with Crippen molar-refractivity contribution in [3.05, 3.63) is 47.5 Å². The van der Waals surface area contributed by atoms with Crippen molar-refractivity contribution < 1.29 is 0 Å². The number of aryl methyl sites for hydroxylation is 1. The third-order valence-corrected chi connectivity index (χ3v) is 3.30. The second kappa shape index (κ2) is 6.60. The van der Waals surface area contributed by atoms with Crippen LogP contribution >= 0.6 is 11.6 Å². The van der Waals surface area contributed by atoms with E-state index < -0.39 is 0 Å². The smallest absolute Gasteiger partial charge is 0.0995 e. The lowest BCUT2D eigenvalue weighted by molar-refractivity contribution is 0.662. The second-order valence-corrected chi connectivity index (χ2v) is 5.00. The van der Waals surface area contributed by atoms with Gasteiger partial charge in [-0.1, -0.05) is 37.8 Å². The zero-order valence-electron chi connectivity index (χ0n) is 10.8. The molecule has 2 nitrogen and oxygen atoms in total. The summed E-state index contributed by atoms with van der Waals surface area (Å²) in [5.74, 6) is 0. The zero-order valence-corrected chi connectivity index (χ0v) is 11.5. The molecule has 0 unspecified atom stereocenters. The summed E-state index contributed by atoms with van der Waals surface area (Å²) in [6.45, 7) is 2.23. The van der Waals surface area contributed by atoms with E-state index in [1.807, 2.05) is 35.2 Å². The van der Waals surface area contributed by atoms with Crippen LogP contribution in [0.25, 0.3) is 5.69 Å². The van der Waals surface area contributed by atoms with Crippen LogP contribution in [0.5, 0.6) is 0 Å². The SMILES string of the molecule is CCCCCCc1cn(-c2ccc(Cl)cc2)cn1. The van der Waals surface area contributed by atoms with E-state index in [4.69, 9.17) is 11.6 Å². The van der Waals surface area contributed by atoms with Gasteiger partial charge in [-0.3, -0.25) is 0 Å². The van der Waals surface area contributed by atoms with E-state index in [1.54, 1.807) is 0 Å². The molecule has 2 aromatic rings. The Kier molecular flexibility index (Phi) is 4.82. The summed E-state index contributed by atoms with van der Waals surface area (Å²) >= 11 is 5.88. The van der Waals surface area contributed by atoms with Crippen molar-refractivity contribution in [3.8, 4) is 5.69 Å². The molecule has 1 heterocycles. The normalized spacial score (nSPS) is 10.8. The number of hydrogen-bond acceptors (Lipinski definition) is 1. The average Bonchev–Trinajstić information content (AvgIpc) is 2.84. The van der Waals surface area contributed by atoms with Gasteiger partial charge in [0.25, 0.3) is 0 Å². The van der Waals surface area contributed by atoms with Gasteiger partial charge in [0.15, 0.2) is 0 Å². The van der Waals surface area contributed by atoms with Gasteiger partial charge >= 0.3 is 0 Å². The third kappa shape index (κ3) is 3.61. The molecule has 18 heavy (non-hydrogen) atoms. The van der Waals surface area contributed by atoms with Crippen molar-refractivity contribution in [2.75, 3.05) is 0 Å². The average molecular weight is 263 g/mol. The van der Waals surface area contributed by atoms with Crippen LogP contribution in [0.2, 0.25) is 5.02 Å². The molecular weight excluding hydrogens is 244 g/mol. The molecular formula is C15H19ClN2. The van der Waals surface area contributed by atoms with E-state index in [-0.39, 0.29) is 0 Å². The maximum absolute atomic E-state index is 5.88. The Labute approximate surface area is 114 Å². The summed E-state index contributed by atoms with van der Waals surface area (Å²) < 4.78 is 2.05. The van der Waals surface area contributed by atoms with Gasteiger partial charge in [-0.15, -0.1) is 0 Å². The molecule has 0 atom stereocenters. The summed E-state index contributed by atoms with van der Waals surface area (Å²) in [6.07, 6.45) is 10.2. The van der Waals surface area contributed by atoms with Crippen LogP contribution in [0.15, 0.2) is 36.8 Å². The number of hydrogen-bond donors (Lipinski definition) is 0. The van der Waals surface area contributed by atoms with Crippen LogP contribution in [-0.4, -0.2) is 9.55 Å². The molecule has 0 spiro atoms. The Balaban J connectivity index is 1.95. The van der Waals surface area contributed by atoms with Crippen LogP contribution in [0.1, 0.15) is 38.3 Å². The fourth-order valence-corrected chi connectivity index (χ4v) is 2.11. The first-order chi connectivity index (χ1) is 8.79. The monoisotopic (exact) mass is 262 g/mol. The number of unbranched alkanes of at least 4 members (excludes halogenated alkanes) is 3. The molecule has 0 fully saturated rings. The van der Waals surface area contributed by atoms with Crippen molar-refractivity contribution in [1.29, 1.82) is 0 Å². The van der Waals surface area contributed by atoms with Gasteiger partial charge < -0.3 is 4.57 Å². The van der Waals surface area contributed by atoms with Crippen LogP contribution in [-0.2, 0) is 6.42 Å². The highest BCUT2D eigenvalue weighted by molar-refractivity contribution is 6.30. The number of rotatable bonds is 6. The van der Waals surface area contributed by atoms with Crippen molar-refractivity contribution in [2.24, 2.45) is 0 Å². The first-order valence-corrected chi connectivity index (χ1v) is 6.96. The van der Waals surface area contributed by atoms with E-state index in [1.165, 1.54) is 31.4 Å². The van der Waals surface area contributed by atoms with Gasteiger partial charge in [0, 0.05) is 16.9 Å². The predicted molar refractivity (Wildman–Crippen MR) is 76.4 cm³/mol. The van der Waals surface area contributed by atoms with E-state index in [2.05, 4.69) is 18.1 Å². The maximum atomic E-state index is 5.88. The lowest BCUT2D eigenvalue weighted by atomic mass is 10.1. The number of benzene rings is 1. The predicted octanol–water partition coefficient (Wildman–Crippen LogP) is 4.65. The van der Waals surface area contributed by atoms with Gasteiger partial charge in [0.05, 0.1) is 12.0 Å². The summed E-state index contributed by atoms with van der Waals surface area (Å²) in [5, 5.41) is 0.763. The van der Waals surface area contributed by atoms with E-state index in [0.717, 1.165) is 17.1 Å². The minimum absolute atomic E-state index is 0.763. The summed E-state index contributed by atoms with van der Waals surface area (Å²) in [7, 11) is 0. The molecule has 0 N–H and O–H groups in total. The molecule has 0 aliphatic heterocycles. The Bertz CT molecular complexity index is 473. The molecule has 0 saturated carbocycles. The topological polar surface area (TPSA) is 17.8 Å². The lowest BCUT2D eigenvalue weighted by Gasteiger charge is -2.01. The lowest BCUT2D eigenvalue weighted by Crippen LogP contribution is -1.89. The molecule has 0 aliphatic carbocycles. The molecule has 0 bridgehead atoms. The highest BCUT2D eigenvalue weighted by atomic mass is 35.5. The highest BCUT2D eigenvalue weighted by Gasteiger charge is 2.01. The quantitative estimate of drug-likeness (QED) is 0.693. The zero-order chi connectivity index (χ0) is 12.8. The largest absolute Gasteiger partial charge is 0.306 e. The van der Waals surface area contributed by atoms with Gasteiger partial charge in [-0.25, -0.2) is 4.98 Å². The standard InChI is InChI=1S/C15H19ClN2/c1-2-3-4-5-6-14-11-18(12-17-14)15-9-7-13(16)8-10-15/h7-12H,2-6H2,1H3. The molecule has 0 amide bonds. The first kappa shape index (κ1) is 13.2. The fourth-order valence-electron chi connectivity index (χ4n) is 1.98. The minimum atomic E-state index is 0.763. The van der Waals surface area contributed by atoms with Gasteiger partial charge in [0.2, 0.25) is 0 Å². The van der Waals surface area contributed by atoms with Crippen LogP contribution in [0.3, 0.4) is 0 Å². The first-order valence-electron chi connectivity index (χ1n) is 6.58. The molecule has 96 valence electrons. The Morgan fingerprint density at radius 2 is 1.89 bits per heavy atom. The molecule has 0 saturated heterocycles. The summed E-state index contributed by atoms with van der Waals surface area (Å²) in [4.78, 5) is 4.44. The van der Waals surface area contributed by atoms with Gasteiger partial charge in [0.1, 0.15) is 0 Å². The summed E-state index contributed by atoms with van der Waals surface area (Å²) in [5.41, 5.74) is 2.27. The maximum Gasteiger partial charge on any atom is 0.0995 e. The van der Waals surface area contributed by atoms with E-state index in [9.17, 15) is 0 Å². The Morgan fingerprint density at radius 3 is 2.61 bits per heavy atom. The molecule has 1 aromatic heterocycles. The second-order valence-electron chi connectivity index (χ2n) is 4.56. The van der Waals surface area contributed by atoms with Crippen molar-refractivity contribution in [2.45, 2.75) is 39.0 Å². The molecule has 2 rings (SSSR count). The van der Waals surface area contributed by atoms with Gasteiger partial charge in [-0.05, 0) is 37.1 Å². The number of halogens is 1. The van der Waals surface area contributed by atoms with E-state index >= 15 is 0 Å². The number of aromatic nitrogens is 2. The van der Waals surface area contributed by atoms with E-state index in [0.29, 0.717) is 0 Å². The summed E-state index contributed by atoms with van der Waals surface area (Å²) in [6, 6.07) is 7.81. The molecule has 3 heteroatoms. The number of nitrogens with zero attached hydrogens (tertiary/aromatic N) is 2. The van der Waals surface area contributed by atoms with Gasteiger partial charge in [-0.2, -0.15) is 0 Å². The van der Waals surface area contributed by atoms with Crippen molar-refractivity contribution in [1.82, 2.24) is 9.55 Å². The Hall–Kier alpha value is -1.28. The third-order valence-electron chi connectivity index (χ3n) is 3.05. The van der Waals surface area contributed by atoms with Crippen LogP contribution in [0, 0.1) is 0 Å². The molecule has 1 aromatic carbocycles. The minimum Gasteiger partial charge on any atom is -0.306 e. The Morgan fingerprint density at radius 1 is 1.11 bits per heavy atom. The van der Waals surface area contributed by atoms with Crippen LogP contribution < -0.4 is 0 Å². The molecule has 0 radical (unpaired) electrons. The number of imidazole rings is 1.